The zero-order valence-corrected chi connectivity index (χ0v) is 10.9. The summed E-state index contributed by atoms with van der Waals surface area (Å²) in [5, 5.41) is 12.3. The molecule has 0 aliphatic heterocycles. The van der Waals surface area contributed by atoms with Crippen molar-refractivity contribution in [3.05, 3.63) is 59.7 Å². The van der Waals surface area contributed by atoms with Crippen molar-refractivity contribution in [2.45, 2.75) is 0 Å². The van der Waals surface area contributed by atoms with Crippen molar-refractivity contribution in [2.24, 2.45) is 5.10 Å². The lowest BCUT2D eigenvalue weighted by Crippen LogP contribution is -1.95. The van der Waals surface area contributed by atoms with Crippen LogP contribution >= 0.6 is 0 Å². The molecule has 0 aromatic heterocycles. The number of hydrogen-bond donors (Lipinski definition) is 1. The summed E-state index contributed by atoms with van der Waals surface area (Å²) in [6.07, 6.45) is 1.48. The van der Waals surface area contributed by atoms with Crippen molar-refractivity contribution in [1.29, 1.82) is 5.26 Å². The molecular formula is C15H11F2N3O. The third-order valence-electron chi connectivity index (χ3n) is 2.51. The normalized spacial score (nSPS) is 10.3. The highest BCUT2D eigenvalue weighted by Gasteiger charge is 2.01. The molecule has 0 saturated heterocycles. The Bertz CT molecular complexity index is 678. The molecule has 0 radical (unpaired) electrons. The third-order valence-corrected chi connectivity index (χ3v) is 2.51. The lowest BCUT2D eigenvalue weighted by molar-refractivity contribution is 0.368. The maximum atomic E-state index is 13.3. The van der Waals surface area contributed by atoms with Gasteiger partial charge in [0.15, 0.2) is 12.4 Å². The third kappa shape index (κ3) is 4.28. The second-order valence-corrected chi connectivity index (χ2v) is 4.01. The van der Waals surface area contributed by atoms with Crippen molar-refractivity contribution >= 4 is 11.9 Å². The average molecular weight is 287 g/mol. The molecular weight excluding hydrogens is 276 g/mol. The molecule has 4 nitrogen and oxygen atoms in total. The van der Waals surface area contributed by atoms with Crippen LogP contribution in [0.2, 0.25) is 0 Å². The minimum atomic E-state index is -0.715. The Balaban J connectivity index is 1.96. The molecule has 0 aliphatic carbocycles. The number of nitrogens with zero attached hydrogens (tertiary/aromatic N) is 2. The number of hydrogen-bond acceptors (Lipinski definition) is 4. The van der Waals surface area contributed by atoms with Crippen LogP contribution in [-0.2, 0) is 0 Å². The van der Waals surface area contributed by atoms with E-state index in [9.17, 15) is 8.78 Å². The van der Waals surface area contributed by atoms with Gasteiger partial charge in [0.25, 0.3) is 0 Å². The van der Waals surface area contributed by atoms with Gasteiger partial charge in [-0.2, -0.15) is 10.4 Å². The molecule has 0 aliphatic rings. The Morgan fingerprint density at radius 3 is 2.62 bits per heavy atom. The summed E-state index contributed by atoms with van der Waals surface area (Å²) in [4.78, 5) is 0. The van der Waals surface area contributed by atoms with Crippen molar-refractivity contribution in [3.63, 3.8) is 0 Å². The van der Waals surface area contributed by atoms with E-state index in [2.05, 4.69) is 10.5 Å². The number of nitrogens with one attached hydrogen (secondary N) is 1. The Morgan fingerprint density at radius 2 is 1.95 bits per heavy atom. The van der Waals surface area contributed by atoms with E-state index in [-0.39, 0.29) is 12.3 Å². The fourth-order valence-electron chi connectivity index (χ4n) is 1.52. The van der Waals surface area contributed by atoms with Crippen molar-refractivity contribution in [1.82, 2.24) is 0 Å². The summed E-state index contributed by atoms with van der Waals surface area (Å²) in [5.41, 5.74) is 3.33. The van der Waals surface area contributed by atoms with Crippen LogP contribution < -0.4 is 10.2 Å². The largest absolute Gasteiger partial charge is 0.479 e. The fourth-order valence-corrected chi connectivity index (χ4v) is 1.52. The zero-order valence-electron chi connectivity index (χ0n) is 10.9. The van der Waals surface area contributed by atoms with E-state index in [1.165, 1.54) is 12.3 Å². The first-order valence-electron chi connectivity index (χ1n) is 6.03. The second-order valence-electron chi connectivity index (χ2n) is 4.01. The topological polar surface area (TPSA) is 57.4 Å². The average Bonchev–Trinajstić information content (AvgIpc) is 2.48. The smallest absolute Gasteiger partial charge is 0.174 e. The maximum Gasteiger partial charge on any atom is 0.174 e. The van der Waals surface area contributed by atoms with E-state index in [4.69, 9.17) is 10.00 Å². The van der Waals surface area contributed by atoms with E-state index in [1.54, 1.807) is 24.3 Å². The molecule has 6 heteroatoms. The molecule has 0 amide bonds. The van der Waals surface area contributed by atoms with Crippen LogP contribution in [-0.4, -0.2) is 12.8 Å². The number of halogens is 2. The van der Waals surface area contributed by atoms with Gasteiger partial charge in [0, 0.05) is 6.07 Å². The monoisotopic (exact) mass is 287 g/mol. The Morgan fingerprint density at radius 1 is 1.19 bits per heavy atom. The van der Waals surface area contributed by atoms with E-state index in [1.807, 2.05) is 6.07 Å². The molecule has 2 aromatic carbocycles. The SMILES string of the molecule is N#CCOc1ccc(/C=N\Nc2ccc(F)cc2F)cc1. The molecule has 106 valence electrons. The van der Waals surface area contributed by atoms with Gasteiger partial charge in [0.1, 0.15) is 17.6 Å². The lowest BCUT2D eigenvalue weighted by atomic mass is 10.2. The van der Waals surface area contributed by atoms with Crippen LogP contribution in [0.1, 0.15) is 5.56 Å². The summed E-state index contributed by atoms with van der Waals surface area (Å²) in [6, 6.07) is 11.9. The molecule has 0 bridgehead atoms. The highest BCUT2D eigenvalue weighted by Crippen LogP contribution is 2.15. The predicted molar refractivity (Wildman–Crippen MR) is 75.1 cm³/mol. The van der Waals surface area contributed by atoms with Crippen LogP contribution in [0.5, 0.6) is 5.75 Å². The lowest BCUT2D eigenvalue weighted by Gasteiger charge is -2.02. The number of ether oxygens (including phenoxy) is 1. The van der Waals surface area contributed by atoms with Crippen LogP contribution in [0.15, 0.2) is 47.6 Å². The standard InChI is InChI=1S/C15H11F2N3O/c16-12-3-6-15(14(17)9-12)20-19-10-11-1-4-13(5-2-11)21-8-7-18/h1-6,9-10,20H,8H2/b19-10-. The second kappa shape index (κ2) is 7.01. The quantitative estimate of drug-likeness (QED) is 0.678. The van der Waals surface area contributed by atoms with Crippen LogP contribution in [0, 0.1) is 23.0 Å². The first-order chi connectivity index (χ1) is 10.2. The van der Waals surface area contributed by atoms with Gasteiger partial charge in [-0.1, -0.05) is 0 Å². The molecule has 0 saturated carbocycles. The molecule has 0 unspecified atom stereocenters. The number of rotatable bonds is 5. The van der Waals surface area contributed by atoms with Crippen LogP contribution in [0.4, 0.5) is 14.5 Å². The molecule has 0 spiro atoms. The summed E-state index contributed by atoms with van der Waals surface area (Å²) in [6.45, 7) is -0.0150. The van der Waals surface area contributed by atoms with Gasteiger partial charge in [-0.25, -0.2) is 8.78 Å². The number of hydrazone groups is 1. The number of anilines is 1. The van der Waals surface area contributed by atoms with Gasteiger partial charge in [-0.3, -0.25) is 5.43 Å². The summed E-state index contributed by atoms with van der Waals surface area (Å²) in [5.74, 6) is -0.784. The van der Waals surface area contributed by atoms with Crippen LogP contribution in [0.3, 0.4) is 0 Å². The minimum absolute atomic E-state index is 0.0150. The molecule has 0 atom stereocenters. The molecule has 0 fully saturated rings. The Labute approximate surface area is 120 Å². The fraction of sp³-hybridized carbons (Fsp3) is 0.0667. The zero-order chi connectivity index (χ0) is 15.1. The highest BCUT2D eigenvalue weighted by atomic mass is 19.1. The van der Waals surface area contributed by atoms with Crippen molar-refractivity contribution < 1.29 is 13.5 Å². The summed E-state index contributed by atoms with van der Waals surface area (Å²) in [7, 11) is 0. The molecule has 0 heterocycles. The first kappa shape index (κ1) is 14.5. The highest BCUT2D eigenvalue weighted by molar-refractivity contribution is 5.80. The minimum Gasteiger partial charge on any atom is -0.479 e. The van der Waals surface area contributed by atoms with Crippen molar-refractivity contribution in [2.75, 3.05) is 12.0 Å². The maximum absolute atomic E-state index is 13.3. The number of benzene rings is 2. The van der Waals surface area contributed by atoms with Gasteiger partial charge in [0.05, 0.1) is 11.9 Å². The number of nitriles is 1. The van der Waals surface area contributed by atoms with Crippen molar-refractivity contribution in [3.8, 4) is 11.8 Å². The predicted octanol–water partition coefficient (Wildman–Crippen LogP) is 3.31. The molecule has 1 N–H and O–H groups in total. The van der Waals surface area contributed by atoms with Gasteiger partial charge in [-0.15, -0.1) is 0 Å². The van der Waals surface area contributed by atoms with Gasteiger partial charge >= 0.3 is 0 Å². The van der Waals surface area contributed by atoms with E-state index in [0.717, 1.165) is 17.7 Å². The summed E-state index contributed by atoms with van der Waals surface area (Å²) < 4.78 is 31.2. The summed E-state index contributed by atoms with van der Waals surface area (Å²) >= 11 is 0. The van der Waals surface area contributed by atoms with Gasteiger partial charge < -0.3 is 4.74 Å². The first-order valence-corrected chi connectivity index (χ1v) is 6.03. The molecule has 2 rings (SSSR count). The Hall–Kier alpha value is -2.94. The molecule has 21 heavy (non-hydrogen) atoms. The van der Waals surface area contributed by atoms with E-state index in [0.29, 0.717) is 5.75 Å². The Kier molecular flexibility index (Phi) is 4.83. The van der Waals surface area contributed by atoms with Gasteiger partial charge in [0.2, 0.25) is 0 Å². The van der Waals surface area contributed by atoms with E-state index >= 15 is 0 Å². The van der Waals surface area contributed by atoms with E-state index < -0.39 is 11.6 Å². The molecule has 2 aromatic rings. The van der Waals surface area contributed by atoms with Gasteiger partial charge in [-0.05, 0) is 42.0 Å². The van der Waals surface area contributed by atoms with Crippen LogP contribution in [0.25, 0.3) is 0 Å².